The van der Waals surface area contributed by atoms with Crippen LogP contribution < -0.4 is 14.8 Å². The molecule has 0 saturated carbocycles. The van der Waals surface area contributed by atoms with Crippen molar-refractivity contribution in [3.05, 3.63) is 89.2 Å². The smallest absolute Gasteiger partial charge is 0.253 e. The molecule has 0 saturated heterocycles. The first kappa shape index (κ1) is 22.7. The summed E-state index contributed by atoms with van der Waals surface area (Å²) in [5, 5.41) is 3.45. The average Bonchev–Trinajstić information content (AvgIpc) is 3.21. The number of para-hydroxylation sites is 2. The number of nitrogens with zero attached hydrogens (tertiary/aromatic N) is 2. The van der Waals surface area contributed by atoms with Gasteiger partial charge in [0.05, 0.1) is 41.4 Å². The maximum Gasteiger partial charge on any atom is 0.253 e. The van der Waals surface area contributed by atoms with Gasteiger partial charge in [0.25, 0.3) is 5.91 Å². The number of benzene rings is 3. The van der Waals surface area contributed by atoms with Gasteiger partial charge in [0.15, 0.2) is 0 Å². The van der Waals surface area contributed by atoms with Gasteiger partial charge in [-0.3, -0.25) is 4.79 Å². The number of amides is 1. The molecular formula is C26H26ClN3O3. The molecule has 4 rings (SSSR count). The second-order valence-electron chi connectivity index (χ2n) is 7.67. The molecule has 3 aromatic carbocycles. The molecule has 1 atom stereocenters. The van der Waals surface area contributed by atoms with Crippen LogP contribution in [-0.2, 0) is 6.54 Å². The highest BCUT2D eigenvalue weighted by Gasteiger charge is 2.20. The molecule has 0 aliphatic carbocycles. The third kappa shape index (κ3) is 5.29. The monoisotopic (exact) mass is 463 g/mol. The van der Waals surface area contributed by atoms with Crippen LogP contribution in [0.4, 0.5) is 0 Å². The van der Waals surface area contributed by atoms with Crippen molar-refractivity contribution in [1.82, 2.24) is 14.9 Å². The van der Waals surface area contributed by atoms with Gasteiger partial charge in [-0.05, 0) is 49.7 Å². The molecule has 7 heteroatoms. The molecule has 0 aliphatic heterocycles. The molecule has 0 spiro atoms. The van der Waals surface area contributed by atoms with Gasteiger partial charge in [0, 0.05) is 12.6 Å². The summed E-state index contributed by atoms with van der Waals surface area (Å²) in [4.78, 5) is 17.6. The summed E-state index contributed by atoms with van der Waals surface area (Å²) < 4.78 is 13.3. The van der Waals surface area contributed by atoms with Gasteiger partial charge in [-0.1, -0.05) is 41.9 Å². The van der Waals surface area contributed by atoms with Crippen LogP contribution in [0.2, 0.25) is 5.02 Å². The second kappa shape index (κ2) is 10.4. The number of methoxy groups -OCH3 is 1. The molecule has 1 amide bonds. The summed E-state index contributed by atoms with van der Waals surface area (Å²) >= 11 is 6.19. The fourth-order valence-corrected chi connectivity index (χ4v) is 3.97. The lowest BCUT2D eigenvalue weighted by Crippen LogP contribution is -2.29. The number of fused-ring (bicyclic) bond motifs is 1. The van der Waals surface area contributed by atoms with Crippen LogP contribution in [0.5, 0.6) is 11.5 Å². The number of nitrogens with one attached hydrogen (secondary N) is 1. The Morgan fingerprint density at radius 2 is 1.82 bits per heavy atom. The SMILES string of the molecule is COc1cccc(OCCCn2c(C(C)NC(=O)c3ccccc3Cl)nc3ccccc32)c1. The molecule has 1 unspecified atom stereocenters. The van der Waals surface area contributed by atoms with Crippen molar-refractivity contribution in [2.75, 3.05) is 13.7 Å². The third-order valence-electron chi connectivity index (χ3n) is 5.37. The minimum absolute atomic E-state index is 0.229. The Balaban J connectivity index is 1.48. The van der Waals surface area contributed by atoms with Crippen molar-refractivity contribution in [1.29, 1.82) is 0 Å². The van der Waals surface area contributed by atoms with Crippen LogP contribution in [0.3, 0.4) is 0 Å². The number of carbonyl (C=O) groups is 1. The van der Waals surface area contributed by atoms with Crippen LogP contribution in [-0.4, -0.2) is 29.2 Å². The number of ether oxygens (including phenoxy) is 2. The van der Waals surface area contributed by atoms with Crippen LogP contribution >= 0.6 is 11.6 Å². The summed E-state index contributed by atoms with van der Waals surface area (Å²) in [6, 6.07) is 22.2. The summed E-state index contributed by atoms with van der Waals surface area (Å²) in [6.45, 7) is 3.17. The van der Waals surface area contributed by atoms with E-state index in [1.165, 1.54) is 0 Å². The molecule has 0 fully saturated rings. The molecule has 33 heavy (non-hydrogen) atoms. The van der Waals surface area contributed by atoms with Crippen LogP contribution in [0.25, 0.3) is 11.0 Å². The maximum absolute atomic E-state index is 12.8. The fourth-order valence-electron chi connectivity index (χ4n) is 3.75. The highest BCUT2D eigenvalue weighted by atomic mass is 35.5. The van der Waals surface area contributed by atoms with Crippen molar-refractivity contribution < 1.29 is 14.3 Å². The number of hydrogen-bond acceptors (Lipinski definition) is 4. The van der Waals surface area contributed by atoms with E-state index in [2.05, 4.69) is 9.88 Å². The van der Waals surface area contributed by atoms with Gasteiger partial charge in [0.1, 0.15) is 17.3 Å². The topological polar surface area (TPSA) is 65.4 Å². The number of carbonyl (C=O) groups excluding carboxylic acids is 1. The van der Waals surface area contributed by atoms with Gasteiger partial charge in [-0.2, -0.15) is 0 Å². The fraction of sp³-hybridized carbons (Fsp3) is 0.231. The quantitative estimate of drug-likeness (QED) is 0.325. The van der Waals surface area contributed by atoms with Gasteiger partial charge in [-0.25, -0.2) is 4.98 Å². The van der Waals surface area contributed by atoms with Gasteiger partial charge in [-0.15, -0.1) is 0 Å². The molecule has 0 aliphatic rings. The third-order valence-corrected chi connectivity index (χ3v) is 5.70. The number of aromatic nitrogens is 2. The van der Waals surface area contributed by atoms with E-state index in [9.17, 15) is 4.79 Å². The lowest BCUT2D eigenvalue weighted by molar-refractivity contribution is 0.0937. The van der Waals surface area contributed by atoms with E-state index in [1.54, 1.807) is 31.4 Å². The number of aryl methyl sites for hydroxylation is 1. The summed E-state index contributed by atoms with van der Waals surface area (Å²) in [5.41, 5.74) is 2.35. The summed E-state index contributed by atoms with van der Waals surface area (Å²) in [6.07, 6.45) is 0.774. The molecule has 170 valence electrons. The zero-order valence-electron chi connectivity index (χ0n) is 18.6. The van der Waals surface area contributed by atoms with Crippen molar-refractivity contribution in [3.63, 3.8) is 0 Å². The van der Waals surface area contributed by atoms with Gasteiger partial charge < -0.3 is 19.4 Å². The maximum atomic E-state index is 12.8. The molecule has 4 aromatic rings. The molecule has 0 radical (unpaired) electrons. The predicted molar refractivity (Wildman–Crippen MR) is 130 cm³/mol. The first-order valence-electron chi connectivity index (χ1n) is 10.8. The molecule has 1 N–H and O–H groups in total. The zero-order valence-corrected chi connectivity index (χ0v) is 19.4. The molecule has 1 aromatic heterocycles. The van der Waals surface area contributed by atoms with E-state index in [0.717, 1.165) is 34.8 Å². The second-order valence-corrected chi connectivity index (χ2v) is 8.07. The van der Waals surface area contributed by atoms with Crippen molar-refractivity contribution >= 4 is 28.5 Å². The van der Waals surface area contributed by atoms with E-state index in [1.807, 2.05) is 55.5 Å². The van der Waals surface area contributed by atoms with Crippen LogP contribution in [0.1, 0.15) is 35.6 Å². The first-order valence-corrected chi connectivity index (χ1v) is 11.2. The molecule has 1 heterocycles. The van der Waals surface area contributed by atoms with E-state index in [0.29, 0.717) is 23.7 Å². The molecule has 0 bridgehead atoms. The van der Waals surface area contributed by atoms with Crippen LogP contribution in [0, 0.1) is 0 Å². The van der Waals surface area contributed by atoms with Crippen LogP contribution in [0.15, 0.2) is 72.8 Å². The normalized spacial score (nSPS) is 11.8. The Morgan fingerprint density at radius 1 is 1.06 bits per heavy atom. The summed E-state index contributed by atoms with van der Waals surface area (Å²) in [7, 11) is 1.64. The van der Waals surface area contributed by atoms with E-state index in [4.69, 9.17) is 26.1 Å². The first-order chi connectivity index (χ1) is 16.1. The lowest BCUT2D eigenvalue weighted by atomic mass is 10.2. The van der Waals surface area contributed by atoms with Crippen molar-refractivity contribution in [2.24, 2.45) is 0 Å². The highest BCUT2D eigenvalue weighted by molar-refractivity contribution is 6.33. The number of halogens is 1. The molecular weight excluding hydrogens is 438 g/mol. The zero-order chi connectivity index (χ0) is 23.2. The van der Waals surface area contributed by atoms with Gasteiger partial charge >= 0.3 is 0 Å². The highest BCUT2D eigenvalue weighted by Crippen LogP contribution is 2.23. The average molecular weight is 464 g/mol. The Bertz CT molecular complexity index is 1250. The summed E-state index contributed by atoms with van der Waals surface area (Å²) in [5.74, 6) is 2.09. The number of hydrogen-bond donors (Lipinski definition) is 1. The standard InChI is InChI=1S/C26H26ClN3O3/c1-18(28-26(31)21-11-3-4-12-22(21)27)25-29-23-13-5-6-14-24(23)30(25)15-8-16-33-20-10-7-9-19(17-20)32-2/h3-7,9-14,17-18H,8,15-16H2,1-2H3,(H,28,31). The van der Waals surface area contributed by atoms with Crippen molar-refractivity contribution in [3.8, 4) is 11.5 Å². The number of imidazole rings is 1. The minimum Gasteiger partial charge on any atom is -0.497 e. The minimum atomic E-state index is -0.305. The van der Waals surface area contributed by atoms with Crippen molar-refractivity contribution in [2.45, 2.75) is 25.9 Å². The largest absolute Gasteiger partial charge is 0.497 e. The van der Waals surface area contributed by atoms with E-state index in [-0.39, 0.29) is 11.9 Å². The van der Waals surface area contributed by atoms with E-state index >= 15 is 0 Å². The predicted octanol–water partition coefficient (Wildman–Crippen LogP) is 5.66. The Morgan fingerprint density at radius 3 is 2.64 bits per heavy atom. The number of rotatable bonds is 9. The van der Waals surface area contributed by atoms with Gasteiger partial charge in [0.2, 0.25) is 0 Å². The lowest BCUT2D eigenvalue weighted by Gasteiger charge is -2.17. The Kier molecular flexibility index (Phi) is 7.15. The Labute approximate surface area is 198 Å². The molecule has 6 nitrogen and oxygen atoms in total. The Hall–Kier alpha value is -3.51. The van der Waals surface area contributed by atoms with E-state index < -0.39 is 0 Å².